The third kappa shape index (κ3) is 4.73. The Morgan fingerprint density at radius 1 is 0.750 bits per heavy atom. The first-order valence-electron chi connectivity index (χ1n) is 11.8. The number of hydrogen-bond acceptors (Lipinski definition) is 1. The number of benzene rings is 2. The van der Waals surface area contributed by atoms with Crippen LogP contribution in [0.2, 0.25) is 0 Å². The molecule has 0 spiro atoms. The van der Waals surface area contributed by atoms with Gasteiger partial charge in [0.25, 0.3) is 0 Å². The highest BCUT2D eigenvalue weighted by molar-refractivity contribution is 5.84. The Labute approximate surface area is 171 Å². The van der Waals surface area contributed by atoms with Crippen molar-refractivity contribution < 1.29 is 4.74 Å². The summed E-state index contributed by atoms with van der Waals surface area (Å²) in [5.41, 5.74) is 1.50. The first kappa shape index (κ1) is 19.8. The molecule has 0 saturated heterocycles. The lowest BCUT2D eigenvalue weighted by Crippen LogP contribution is -2.25. The molecule has 28 heavy (non-hydrogen) atoms. The first-order valence-corrected chi connectivity index (χ1v) is 11.8. The number of rotatable bonds is 6. The molecule has 0 unspecified atom stereocenters. The van der Waals surface area contributed by atoms with Crippen molar-refractivity contribution in [1.82, 2.24) is 0 Å². The van der Waals surface area contributed by atoms with Gasteiger partial charge in [-0.05, 0) is 90.7 Å². The summed E-state index contributed by atoms with van der Waals surface area (Å²) in [5, 5.41) is 2.62. The minimum Gasteiger partial charge on any atom is -0.497 e. The number of ether oxygens (including phenoxy) is 1. The molecule has 2 aromatic rings. The van der Waals surface area contributed by atoms with E-state index < -0.39 is 0 Å². The van der Waals surface area contributed by atoms with E-state index >= 15 is 0 Å². The topological polar surface area (TPSA) is 9.23 Å². The zero-order chi connectivity index (χ0) is 19.3. The number of methoxy groups -OCH3 is 1. The first-order chi connectivity index (χ1) is 13.7. The number of aryl methyl sites for hydroxylation is 1. The van der Waals surface area contributed by atoms with E-state index in [0.717, 1.165) is 29.4 Å². The van der Waals surface area contributed by atoms with Crippen molar-refractivity contribution in [3.8, 4) is 5.75 Å². The summed E-state index contributed by atoms with van der Waals surface area (Å²) in [7, 11) is 1.74. The van der Waals surface area contributed by atoms with Crippen molar-refractivity contribution >= 4 is 10.8 Å². The average Bonchev–Trinajstić information content (AvgIpc) is 2.77. The fourth-order valence-corrected chi connectivity index (χ4v) is 5.94. The molecular weight excluding hydrogens is 340 g/mol. The molecule has 2 aromatic carbocycles. The Morgan fingerprint density at radius 2 is 1.36 bits per heavy atom. The summed E-state index contributed by atoms with van der Waals surface area (Å²) < 4.78 is 5.34. The van der Waals surface area contributed by atoms with E-state index in [2.05, 4.69) is 43.3 Å². The largest absolute Gasteiger partial charge is 0.497 e. The summed E-state index contributed by atoms with van der Waals surface area (Å²) in [6.07, 6.45) is 16.0. The van der Waals surface area contributed by atoms with Crippen LogP contribution in [0, 0.1) is 23.7 Å². The lowest BCUT2D eigenvalue weighted by atomic mass is 9.68. The minimum atomic E-state index is 0.945. The Kier molecular flexibility index (Phi) is 6.60. The molecule has 0 heterocycles. The second-order valence-electron chi connectivity index (χ2n) is 9.56. The lowest BCUT2D eigenvalue weighted by Gasteiger charge is -2.37. The van der Waals surface area contributed by atoms with E-state index in [-0.39, 0.29) is 0 Å². The molecule has 0 atom stereocenters. The quantitative estimate of drug-likeness (QED) is 0.498. The Balaban J connectivity index is 1.25. The smallest absolute Gasteiger partial charge is 0.119 e. The van der Waals surface area contributed by atoms with Gasteiger partial charge in [0, 0.05) is 0 Å². The van der Waals surface area contributed by atoms with Crippen LogP contribution in [-0.2, 0) is 6.42 Å². The Bertz CT molecular complexity index is 748. The summed E-state index contributed by atoms with van der Waals surface area (Å²) in [6.45, 7) is 2.38. The standard InChI is InChI=1S/C27H38O/c1-3-20-6-11-23(12-7-20)24-13-8-21(9-14-24)4-5-22-10-15-26-19-27(28-2)17-16-25(26)18-22/h10,15-21,23-24H,3-9,11-14H2,1-2H3. The molecule has 152 valence electrons. The predicted octanol–water partition coefficient (Wildman–Crippen LogP) is 7.80. The molecule has 1 heteroatoms. The molecule has 0 amide bonds. The zero-order valence-corrected chi connectivity index (χ0v) is 18.0. The molecule has 4 rings (SSSR count). The molecule has 0 radical (unpaired) electrons. The Hall–Kier alpha value is -1.50. The van der Waals surface area contributed by atoms with Crippen molar-refractivity contribution in [2.45, 2.75) is 77.6 Å². The van der Waals surface area contributed by atoms with Gasteiger partial charge in [-0.1, -0.05) is 63.3 Å². The molecule has 0 aromatic heterocycles. The van der Waals surface area contributed by atoms with Crippen molar-refractivity contribution in [1.29, 1.82) is 0 Å². The monoisotopic (exact) mass is 378 g/mol. The normalized spacial score (nSPS) is 28.4. The fourth-order valence-electron chi connectivity index (χ4n) is 5.94. The van der Waals surface area contributed by atoms with Gasteiger partial charge in [0.1, 0.15) is 5.75 Å². The van der Waals surface area contributed by atoms with Gasteiger partial charge in [-0.15, -0.1) is 0 Å². The molecule has 2 aliphatic carbocycles. The maximum absolute atomic E-state index is 5.34. The second-order valence-corrected chi connectivity index (χ2v) is 9.56. The maximum atomic E-state index is 5.34. The second kappa shape index (κ2) is 9.33. The van der Waals surface area contributed by atoms with Crippen molar-refractivity contribution in [2.75, 3.05) is 7.11 Å². The van der Waals surface area contributed by atoms with Crippen LogP contribution in [-0.4, -0.2) is 7.11 Å². The van der Waals surface area contributed by atoms with E-state index in [4.69, 9.17) is 4.74 Å². The molecule has 0 bridgehead atoms. The van der Waals surface area contributed by atoms with E-state index in [1.165, 1.54) is 87.0 Å². The third-order valence-corrected chi connectivity index (χ3v) is 7.98. The van der Waals surface area contributed by atoms with Gasteiger partial charge in [-0.25, -0.2) is 0 Å². The van der Waals surface area contributed by atoms with Crippen LogP contribution in [0.15, 0.2) is 36.4 Å². The van der Waals surface area contributed by atoms with Crippen LogP contribution in [0.1, 0.15) is 76.7 Å². The van der Waals surface area contributed by atoms with Crippen LogP contribution in [0.3, 0.4) is 0 Å². The van der Waals surface area contributed by atoms with Crippen LogP contribution >= 0.6 is 0 Å². The highest BCUT2D eigenvalue weighted by Crippen LogP contribution is 2.42. The summed E-state index contributed by atoms with van der Waals surface area (Å²) in [5.74, 6) is 5.04. The summed E-state index contributed by atoms with van der Waals surface area (Å²) in [4.78, 5) is 0. The van der Waals surface area contributed by atoms with Gasteiger partial charge in [-0.3, -0.25) is 0 Å². The van der Waals surface area contributed by atoms with Crippen LogP contribution in [0.5, 0.6) is 5.75 Å². The minimum absolute atomic E-state index is 0.945. The predicted molar refractivity (Wildman–Crippen MR) is 120 cm³/mol. The molecule has 1 nitrogen and oxygen atoms in total. The molecule has 2 fully saturated rings. The highest BCUT2D eigenvalue weighted by Gasteiger charge is 2.30. The van der Waals surface area contributed by atoms with E-state index in [1.54, 1.807) is 7.11 Å². The molecular formula is C27H38O. The van der Waals surface area contributed by atoms with Crippen LogP contribution < -0.4 is 4.74 Å². The SMILES string of the molecule is CCC1CCC(C2CCC(CCc3ccc4cc(OC)ccc4c3)CC2)CC1. The van der Waals surface area contributed by atoms with Gasteiger partial charge in [0.15, 0.2) is 0 Å². The summed E-state index contributed by atoms with van der Waals surface area (Å²) in [6, 6.07) is 13.4. The Morgan fingerprint density at radius 3 is 2.00 bits per heavy atom. The lowest BCUT2D eigenvalue weighted by molar-refractivity contribution is 0.142. The number of fused-ring (bicyclic) bond motifs is 1. The highest BCUT2D eigenvalue weighted by atomic mass is 16.5. The third-order valence-electron chi connectivity index (χ3n) is 7.98. The van der Waals surface area contributed by atoms with E-state index in [0.29, 0.717) is 0 Å². The van der Waals surface area contributed by atoms with Gasteiger partial charge in [0.2, 0.25) is 0 Å². The van der Waals surface area contributed by atoms with Crippen LogP contribution in [0.25, 0.3) is 10.8 Å². The van der Waals surface area contributed by atoms with Gasteiger partial charge in [0.05, 0.1) is 7.11 Å². The zero-order valence-electron chi connectivity index (χ0n) is 18.0. The van der Waals surface area contributed by atoms with Crippen molar-refractivity contribution in [3.05, 3.63) is 42.0 Å². The van der Waals surface area contributed by atoms with Crippen molar-refractivity contribution in [3.63, 3.8) is 0 Å². The molecule has 2 aliphatic rings. The van der Waals surface area contributed by atoms with Gasteiger partial charge < -0.3 is 4.74 Å². The van der Waals surface area contributed by atoms with Crippen LogP contribution in [0.4, 0.5) is 0 Å². The van der Waals surface area contributed by atoms with Gasteiger partial charge in [-0.2, -0.15) is 0 Å². The average molecular weight is 379 g/mol. The van der Waals surface area contributed by atoms with Crippen molar-refractivity contribution in [2.24, 2.45) is 23.7 Å². The molecule has 2 saturated carbocycles. The maximum Gasteiger partial charge on any atom is 0.119 e. The van der Waals surface area contributed by atoms with Gasteiger partial charge >= 0.3 is 0 Å². The van der Waals surface area contributed by atoms with E-state index in [9.17, 15) is 0 Å². The molecule has 0 aliphatic heterocycles. The summed E-state index contributed by atoms with van der Waals surface area (Å²) >= 11 is 0. The van der Waals surface area contributed by atoms with E-state index in [1.807, 2.05) is 0 Å². The fraction of sp³-hybridized carbons (Fsp3) is 0.630. The molecule has 0 N–H and O–H groups in total. The number of hydrogen-bond donors (Lipinski definition) is 0.